The van der Waals surface area contributed by atoms with Gasteiger partial charge in [-0.25, -0.2) is 0 Å². The lowest BCUT2D eigenvalue weighted by molar-refractivity contribution is 0.382. The molecule has 0 saturated heterocycles. The average Bonchev–Trinajstić information content (AvgIpc) is 4.01. The normalized spacial score (nSPS) is 22.3. The van der Waals surface area contributed by atoms with Gasteiger partial charge in [-0.05, 0) is 90.2 Å². The van der Waals surface area contributed by atoms with E-state index in [4.69, 9.17) is 0 Å². The van der Waals surface area contributed by atoms with Crippen LogP contribution in [0.5, 0.6) is 0 Å². The van der Waals surface area contributed by atoms with Gasteiger partial charge in [-0.3, -0.25) is 0 Å². The van der Waals surface area contributed by atoms with Crippen molar-refractivity contribution in [3.05, 3.63) is 120 Å². The Bertz CT molecular complexity index is 1260. The van der Waals surface area contributed by atoms with E-state index in [-0.39, 0.29) is 5.41 Å². The molecule has 3 aromatic carbocycles. The third-order valence-corrected chi connectivity index (χ3v) is 13.1. The number of benzene rings is 3. The van der Waals surface area contributed by atoms with Crippen molar-refractivity contribution in [3.8, 4) is 0 Å². The molecule has 274 valence electrons. The molecule has 5 saturated carbocycles. The molecule has 5 aliphatic carbocycles. The molecule has 0 bridgehead atoms. The van der Waals surface area contributed by atoms with E-state index >= 15 is 0 Å². The third-order valence-electron chi connectivity index (χ3n) is 13.1. The second-order valence-corrected chi connectivity index (χ2v) is 18.0. The average molecular weight is 675 g/mol. The molecule has 0 radical (unpaired) electrons. The Hall–Kier alpha value is -2.60. The molecule has 0 amide bonds. The molecule has 0 N–H and O–H groups in total. The summed E-state index contributed by atoms with van der Waals surface area (Å²) in [5.74, 6) is 1.05. The highest BCUT2D eigenvalue weighted by molar-refractivity contribution is 5.40. The second kappa shape index (κ2) is 19.9. The monoisotopic (exact) mass is 675 g/mol. The van der Waals surface area contributed by atoms with Gasteiger partial charge in [0.05, 0.1) is 0 Å². The van der Waals surface area contributed by atoms with Crippen molar-refractivity contribution in [1.29, 1.82) is 0 Å². The molecule has 5 aliphatic rings. The number of hydrogen-bond donors (Lipinski definition) is 0. The first-order valence-electron chi connectivity index (χ1n) is 20.9. The van der Waals surface area contributed by atoms with Gasteiger partial charge in [-0.15, -0.1) is 6.58 Å². The van der Waals surface area contributed by atoms with E-state index in [0.29, 0.717) is 16.2 Å². The van der Waals surface area contributed by atoms with Gasteiger partial charge in [-0.1, -0.05) is 209 Å². The molecule has 0 aromatic heterocycles. The van der Waals surface area contributed by atoms with Gasteiger partial charge in [0.25, 0.3) is 0 Å². The Morgan fingerprint density at radius 3 is 1.14 bits per heavy atom. The fourth-order valence-electron chi connectivity index (χ4n) is 9.37. The minimum Gasteiger partial charge on any atom is -0.103 e. The van der Waals surface area contributed by atoms with Crippen molar-refractivity contribution in [3.63, 3.8) is 0 Å². The number of allylic oxidation sites excluding steroid dienone is 1. The van der Waals surface area contributed by atoms with Crippen LogP contribution in [0.2, 0.25) is 0 Å². The van der Waals surface area contributed by atoms with Crippen LogP contribution in [0, 0.1) is 16.7 Å². The van der Waals surface area contributed by atoms with E-state index in [1.54, 1.807) is 0 Å². The van der Waals surface area contributed by atoms with Crippen molar-refractivity contribution in [2.75, 3.05) is 0 Å². The standard InChI is InChI=1S/C17H18.C12H16.C8H14.C7H14.C6H12/c1-3-9-15(10-4-1)17(13-7-8-14-17)16-11-5-2-6-12-16;1-12(9-5-6-10-12)11-7-3-2-4-8-11;1-3-8(2)6-4-5-7-8;1-7(2)5-3-4-6-7;1-6-4-2-3-5-6/h1-6,9-12H,7-8,13-14H2;2-4,7-8H,5-6,9-10H2,1H3;3H,1,4-7H2,2H3;3-6H2,1-2H3;6H,2-5H2,1H3. The number of hydrogen-bond acceptors (Lipinski definition) is 0. The minimum atomic E-state index is 0.280. The summed E-state index contributed by atoms with van der Waals surface area (Å²) in [6.07, 6.45) is 30.3. The molecule has 0 heterocycles. The van der Waals surface area contributed by atoms with Gasteiger partial charge >= 0.3 is 0 Å². The van der Waals surface area contributed by atoms with Gasteiger partial charge in [0.1, 0.15) is 0 Å². The molecule has 0 nitrogen and oxygen atoms in total. The van der Waals surface area contributed by atoms with Gasteiger partial charge in [0.15, 0.2) is 0 Å². The van der Waals surface area contributed by atoms with E-state index in [1.165, 1.54) is 145 Å². The van der Waals surface area contributed by atoms with E-state index < -0.39 is 0 Å². The minimum absolute atomic E-state index is 0.280. The lowest BCUT2D eigenvalue weighted by atomic mass is 9.73. The highest BCUT2D eigenvalue weighted by atomic mass is 14.4. The Kier molecular flexibility index (Phi) is 16.0. The van der Waals surface area contributed by atoms with Crippen LogP contribution in [0.3, 0.4) is 0 Å². The molecule has 3 aromatic rings. The van der Waals surface area contributed by atoms with E-state index in [2.05, 4.69) is 138 Å². The van der Waals surface area contributed by atoms with Crippen molar-refractivity contribution < 1.29 is 0 Å². The predicted molar refractivity (Wildman–Crippen MR) is 221 cm³/mol. The van der Waals surface area contributed by atoms with Crippen LogP contribution < -0.4 is 0 Å². The van der Waals surface area contributed by atoms with E-state index in [0.717, 1.165) is 5.92 Å². The van der Waals surface area contributed by atoms with Crippen LogP contribution in [0.25, 0.3) is 0 Å². The van der Waals surface area contributed by atoms with E-state index in [1.807, 2.05) is 0 Å². The maximum atomic E-state index is 3.81. The predicted octanol–water partition coefficient (Wildman–Crippen LogP) is 15.6. The van der Waals surface area contributed by atoms with Crippen molar-refractivity contribution in [2.24, 2.45) is 16.7 Å². The summed E-state index contributed by atoms with van der Waals surface area (Å²) in [7, 11) is 0. The summed E-state index contributed by atoms with van der Waals surface area (Å²) in [6.45, 7) is 15.6. The summed E-state index contributed by atoms with van der Waals surface area (Å²) in [5, 5.41) is 0. The van der Waals surface area contributed by atoms with Gasteiger partial charge in [0.2, 0.25) is 0 Å². The van der Waals surface area contributed by atoms with Crippen LogP contribution in [-0.4, -0.2) is 0 Å². The highest BCUT2D eigenvalue weighted by Gasteiger charge is 2.37. The maximum Gasteiger partial charge on any atom is 0.0202 e. The summed E-state index contributed by atoms with van der Waals surface area (Å²) < 4.78 is 0. The molecule has 0 atom stereocenters. The Morgan fingerprint density at radius 2 is 0.820 bits per heavy atom. The van der Waals surface area contributed by atoms with Crippen LogP contribution in [0.4, 0.5) is 0 Å². The molecular formula is C50H74. The molecule has 8 rings (SSSR count). The SMILES string of the molecule is C=CC1(C)CCCC1.CC1(C)CCCC1.CC1(c2ccccc2)CCCC1.CC1CCCC1.c1ccc(C2(c3ccccc3)CCCC2)cc1. The zero-order valence-electron chi connectivity index (χ0n) is 33.2. The van der Waals surface area contributed by atoms with Crippen molar-refractivity contribution in [1.82, 2.24) is 0 Å². The topological polar surface area (TPSA) is 0 Å². The van der Waals surface area contributed by atoms with Crippen LogP contribution in [0.1, 0.15) is 180 Å². The summed E-state index contributed by atoms with van der Waals surface area (Å²) >= 11 is 0. The maximum absolute atomic E-state index is 3.81. The molecule has 5 fully saturated rings. The summed E-state index contributed by atoms with van der Waals surface area (Å²) in [4.78, 5) is 0. The van der Waals surface area contributed by atoms with E-state index in [9.17, 15) is 0 Å². The highest BCUT2D eigenvalue weighted by Crippen LogP contribution is 2.46. The smallest absolute Gasteiger partial charge is 0.0202 e. The Labute approximate surface area is 310 Å². The first-order chi connectivity index (χ1) is 24.1. The zero-order chi connectivity index (χ0) is 35.8. The zero-order valence-corrected chi connectivity index (χ0v) is 33.2. The molecule has 0 heteroatoms. The largest absolute Gasteiger partial charge is 0.103 e. The lowest BCUT2D eigenvalue weighted by Crippen LogP contribution is -2.23. The number of rotatable bonds is 4. The fourth-order valence-corrected chi connectivity index (χ4v) is 9.37. The Balaban J connectivity index is 0.000000149. The van der Waals surface area contributed by atoms with Crippen LogP contribution in [0.15, 0.2) is 104 Å². The third kappa shape index (κ3) is 12.3. The Morgan fingerprint density at radius 1 is 0.460 bits per heavy atom. The van der Waals surface area contributed by atoms with Crippen LogP contribution >= 0.6 is 0 Å². The van der Waals surface area contributed by atoms with Crippen molar-refractivity contribution in [2.45, 2.75) is 174 Å². The first kappa shape index (κ1) is 40.2. The summed E-state index contributed by atoms with van der Waals surface area (Å²) in [5.41, 5.74) is 6.47. The van der Waals surface area contributed by atoms with Gasteiger partial charge < -0.3 is 0 Å². The van der Waals surface area contributed by atoms with Gasteiger partial charge in [-0.2, -0.15) is 0 Å². The first-order valence-corrected chi connectivity index (χ1v) is 20.9. The fraction of sp³-hybridized carbons (Fsp3) is 0.600. The van der Waals surface area contributed by atoms with Crippen molar-refractivity contribution >= 4 is 0 Å². The molecule has 0 aliphatic heterocycles. The molecular weight excluding hydrogens is 601 g/mol. The summed E-state index contributed by atoms with van der Waals surface area (Å²) in [6, 6.07) is 33.0. The van der Waals surface area contributed by atoms with Crippen LogP contribution in [-0.2, 0) is 10.8 Å². The quantitative estimate of drug-likeness (QED) is 0.242. The molecule has 0 unspecified atom stereocenters. The molecule has 50 heavy (non-hydrogen) atoms. The lowest BCUT2D eigenvalue weighted by Gasteiger charge is -2.30. The van der Waals surface area contributed by atoms with Gasteiger partial charge in [0, 0.05) is 5.41 Å². The molecule has 0 spiro atoms. The second-order valence-electron chi connectivity index (χ2n) is 18.0.